The molecule has 118 valence electrons. The Labute approximate surface area is 141 Å². The maximum absolute atomic E-state index is 12.0. The Morgan fingerprint density at radius 1 is 1.23 bits per heavy atom. The molecule has 3 rings (SSSR count). The molecule has 1 heterocycles. The first-order chi connectivity index (χ1) is 10.3. The van der Waals surface area contributed by atoms with Crippen molar-refractivity contribution in [2.75, 3.05) is 18.8 Å². The summed E-state index contributed by atoms with van der Waals surface area (Å²) in [4.78, 5) is 13.1. The number of carbonyl (C=O) groups excluding carboxylic acids is 1. The van der Waals surface area contributed by atoms with Gasteiger partial charge in [0.1, 0.15) is 0 Å². The van der Waals surface area contributed by atoms with Gasteiger partial charge in [-0.25, -0.2) is 0 Å². The van der Waals surface area contributed by atoms with E-state index in [0.29, 0.717) is 11.8 Å². The van der Waals surface area contributed by atoms with Crippen LogP contribution in [0.4, 0.5) is 0 Å². The number of hydrogen-bond donors (Lipinski definition) is 2. The van der Waals surface area contributed by atoms with Crippen molar-refractivity contribution in [3.63, 3.8) is 0 Å². The summed E-state index contributed by atoms with van der Waals surface area (Å²) in [5.74, 6) is 0.608. The van der Waals surface area contributed by atoms with Crippen LogP contribution in [0.2, 0.25) is 0 Å². The molecule has 0 spiro atoms. The molecule has 1 saturated heterocycles. The highest BCUT2D eigenvalue weighted by Gasteiger charge is 2.15. The Balaban J connectivity index is 0.00000176. The minimum atomic E-state index is 0. The lowest BCUT2D eigenvalue weighted by molar-refractivity contribution is -0.119. The third kappa shape index (κ3) is 4.63. The van der Waals surface area contributed by atoms with E-state index in [-0.39, 0.29) is 18.3 Å². The Morgan fingerprint density at radius 2 is 2.05 bits per heavy atom. The van der Waals surface area contributed by atoms with Crippen LogP contribution in [0.15, 0.2) is 47.4 Å². The molecule has 3 nitrogen and oxygen atoms in total. The standard InChI is InChI=1S/C17H20N2OS.ClH/c20-17(19-15-6-3-9-18-11-15)12-21-16-8-7-13-4-1-2-5-14(13)10-16;/h1-2,4-5,7-8,10,15,18H,3,6,9,11-12H2,(H,19,20);1H/t15-;/m0./s1. The molecule has 5 heteroatoms. The number of halogens is 1. The molecular formula is C17H21ClN2OS. The van der Waals surface area contributed by atoms with E-state index < -0.39 is 0 Å². The van der Waals surface area contributed by atoms with E-state index in [1.807, 2.05) is 12.1 Å². The molecule has 1 aliphatic rings. The summed E-state index contributed by atoms with van der Waals surface area (Å²) in [6.07, 6.45) is 2.22. The number of hydrogen-bond acceptors (Lipinski definition) is 3. The van der Waals surface area contributed by atoms with Crippen LogP contribution in [0, 0.1) is 0 Å². The number of rotatable bonds is 4. The van der Waals surface area contributed by atoms with E-state index in [9.17, 15) is 4.79 Å². The number of nitrogens with one attached hydrogen (secondary N) is 2. The maximum Gasteiger partial charge on any atom is 0.230 e. The van der Waals surface area contributed by atoms with Gasteiger partial charge in [0.25, 0.3) is 0 Å². The topological polar surface area (TPSA) is 41.1 Å². The summed E-state index contributed by atoms with van der Waals surface area (Å²) in [5, 5.41) is 8.87. The molecule has 1 fully saturated rings. The lowest BCUT2D eigenvalue weighted by Crippen LogP contribution is -2.46. The van der Waals surface area contributed by atoms with Crippen molar-refractivity contribution in [3.8, 4) is 0 Å². The second kappa shape index (κ2) is 8.42. The predicted molar refractivity (Wildman–Crippen MR) is 96.0 cm³/mol. The lowest BCUT2D eigenvalue weighted by atomic mass is 10.1. The zero-order valence-electron chi connectivity index (χ0n) is 12.4. The fourth-order valence-corrected chi connectivity index (χ4v) is 3.41. The van der Waals surface area contributed by atoms with Gasteiger partial charge in [-0.2, -0.15) is 0 Å². The average Bonchev–Trinajstić information content (AvgIpc) is 2.54. The zero-order chi connectivity index (χ0) is 14.5. The van der Waals surface area contributed by atoms with Crippen LogP contribution in [0.1, 0.15) is 12.8 Å². The van der Waals surface area contributed by atoms with Gasteiger partial charge in [-0.05, 0) is 42.3 Å². The Hall–Kier alpha value is -1.23. The first-order valence-electron chi connectivity index (χ1n) is 7.43. The second-order valence-electron chi connectivity index (χ2n) is 5.41. The summed E-state index contributed by atoms with van der Waals surface area (Å²) in [7, 11) is 0. The summed E-state index contributed by atoms with van der Waals surface area (Å²) >= 11 is 1.60. The van der Waals surface area contributed by atoms with E-state index in [1.165, 1.54) is 10.8 Å². The van der Waals surface area contributed by atoms with Crippen molar-refractivity contribution < 1.29 is 4.79 Å². The van der Waals surface area contributed by atoms with E-state index in [1.54, 1.807) is 11.8 Å². The Morgan fingerprint density at radius 3 is 2.82 bits per heavy atom. The molecule has 22 heavy (non-hydrogen) atoms. The van der Waals surface area contributed by atoms with Crippen molar-refractivity contribution in [1.29, 1.82) is 0 Å². The van der Waals surface area contributed by atoms with Gasteiger partial charge in [0.15, 0.2) is 0 Å². The fourth-order valence-electron chi connectivity index (χ4n) is 2.65. The van der Waals surface area contributed by atoms with Crippen LogP contribution in [-0.4, -0.2) is 30.8 Å². The van der Waals surface area contributed by atoms with Crippen molar-refractivity contribution in [2.45, 2.75) is 23.8 Å². The molecule has 0 saturated carbocycles. The van der Waals surface area contributed by atoms with Gasteiger partial charge in [0, 0.05) is 17.5 Å². The van der Waals surface area contributed by atoms with Crippen LogP contribution in [0.3, 0.4) is 0 Å². The van der Waals surface area contributed by atoms with Gasteiger partial charge in [-0.15, -0.1) is 24.2 Å². The first-order valence-corrected chi connectivity index (χ1v) is 8.41. The third-order valence-electron chi connectivity index (χ3n) is 3.75. The van der Waals surface area contributed by atoms with Gasteiger partial charge in [0.05, 0.1) is 5.75 Å². The summed E-state index contributed by atoms with van der Waals surface area (Å²) in [5.41, 5.74) is 0. The molecule has 0 unspecified atom stereocenters. The maximum atomic E-state index is 12.0. The lowest BCUT2D eigenvalue weighted by Gasteiger charge is -2.23. The zero-order valence-corrected chi connectivity index (χ0v) is 14.0. The van der Waals surface area contributed by atoms with Crippen LogP contribution >= 0.6 is 24.2 Å². The second-order valence-corrected chi connectivity index (χ2v) is 6.46. The molecule has 0 radical (unpaired) electrons. The average molecular weight is 337 g/mol. The molecule has 1 amide bonds. The minimum absolute atomic E-state index is 0. The number of carbonyl (C=O) groups is 1. The summed E-state index contributed by atoms with van der Waals surface area (Å²) in [6.45, 7) is 1.96. The van der Waals surface area contributed by atoms with Crippen LogP contribution in [0.25, 0.3) is 10.8 Å². The van der Waals surface area contributed by atoms with Crippen LogP contribution in [-0.2, 0) is 4.79 Å². The molecular weight excluding hydrogens is 316 g/mol. The monoisotopic (exact) mass is 336 g/mol. The van der Waals surface area contributed by atoms with E-state index in [0.717, 1.165) is 30.8 Å². The molecule has 0 aromatic heterocycles. The van der Waals surface area contributed by atoms with Crippen LogP contribution < -0.4 is 10.6 Å². The number of piperidine rings is 1. The summed E-state index contributed by atoms with van der Waals surface area (Å²) < 4.78 is 0. The summed E-state index contributed by atoms with van der Waals surface area (Å²) in [6, 6.07) is 14.9. The highest BCUT2D eigenvalue weighted by atomic mass is 35.5. The smallest absolute Gasteiger partial charge is 0.230 e. The third-order valence-corrected chi connectivity index (χ3v) is 4.75. The largest absolute Gasteiger partial charge is 0.351 e. The molecule has 2 aromatic rings. The Bertz CT molecular complexity index is 629. The van der Waals surface area contributed by atoms with E-state index in [2.05, 4.69) is 41.0 Å². The van der Waals surface area contributed by atoms with Crippen molar-refractivity contribution >= 4 is 40.8 Å². The fraction of sp³-hybridized carbons (Fsp3) is 0.353. The van der Waals surface area contributed by atoms with Gasteiger partial charge in [0.2, 0.25) is 5.91 Å². The normalized spacial score (nSPS) is 17.7. The molecule has 1 aliphatic heterocycles. The Kier molecular flexibility index (Phi) is 6.55. The number of amides is 1. The molecule has 2 aromatic carbocycles. The van der Waals surface area contributed by atoms with Gasteiger partial charge >= 0.3 is 0 Å². The van der Waals surface area contributed by atoms with Crippen LogP contribution in [0.5, 0.6) is 0 Å². The van der Waals surface area contributed by atoms with Crippen molar-refractivity contribution in [1.82, 2.24) is 10.6 Å². The SMILES string of the molecule is Cl.O=C(CSc1ccc2ccccc2c1)N[C@H]1CCCNC1. The van der Waals surface area contributed by atoms with E-state index >= 15 is 0 Å². The number of benzene rings is 2. The minimum Gasteiger partial charge on any atom is -0.351 e. The van der Waals surface area contributed by atoms with Crippen molar-refractivity contribution in [2.24, 2.45) is 0 Å². The molecule has 0 aliphatic carbocycles. The highest BCUT2D eigenvalue weighted by molar-refractivity contribution is 8.00. The number of fused-ring (bicyclic) bond motifs is 1. The van der Waals surface area contributed by atoms with E-state index in [4.69, 9.17) is 0 Å². The molecule has 1 atom stereocenters. The first kappa shape index (κ1) is 17.1. The van der Waals surface area contributed by atoms with Crippen molar-refractivity contribution in [3.05, 3.63) is 42.5 Å². The predicted octanol–water partition coefficient (Wildman–Crippen LogP) is 3.22. The highest BCUT2D eigenvalue weighted by Crippen LogP contribution is 2.23. The number of thioether (sulfide) groups is 1. The molecule has 2 N–H and O–H groups in total. The molecule has 0 bridgehead atoms. The van der Waals surface area contributed by atoms with Gasteiger partial charge in [-0.1, -0.05) is 30.3 Å². The van der Waals surface area contributed by atoms with Gasteiger partial charge < -0.3 is 10.6 Å². The van der Waals surface area contributed by atoms with Gasteiger partial charge in [-0.3, -0.25) is 4.79 Å². The quantitative estimate of drug-likeness (QED) is 0.842.